The molecule has 0 aliphatic carbocycles. The van der Waals surface area contributed by atoms with Gasteiger partial charge < -0.3 is 10.6 Å². The molecule has 1 heterocycles. The van der Waals surface area contributed by atoms with Crippen molar-refractivity contribution < 1.29 is 4.39 Å². The van der Waals surface area contributed by atoms with Crippen LogP contribution in [0.15, 0.2) is 18.2 Å². The lowest BCUT2D eigenvalue weighted by Gasteiger charge is -2.22. The van der Waals surface area contributed by atoms with E-state index < -0.39 is 0 Å². The zero-order chi connectivity index (χ0) is 13.7. The van der Waals surface area contributed by atoms with E-state index >= 15 is 0 Å². The highest BCUT2D eigenvalue weighted by molar-refractivity contribution is 5.46. The first-order valence-corrected chi connectivity index (χ1v) is 7.41. The van der Waals surface area contributed by atoms with Crippen LogP contribution in [0.2, 0.25) is 0 Å². The average molecular weight is 264 g/mol. The Hall–Kier alpha value is -1.09. The molecular formula is C16H25FN2. The van der Waals surface area contributed by atoms with E-state index in [1.807, 2.05) is 19.1 Å². The molecule has 1 aliphatic heterocycles. The molecule has 0 radical (unpaired) electrons. The number of hydrogen-bond acceptors (Lipinski definition) is 2. The largest absolute Gasteiger partial charge is 0.380 e. The van der Waals surface area contributed by atoms with Gasteiger partial charge in [-0.25, -0.2) is 4.39 Å². The first-order valence-electron chi connectivity index (χ1n) is 7.41. The summed E-state index contributed by atoms with van der Waals surface area (Å²) >= 11 is 0. The highest BCUT2D eigenvalue weighted by Gasteiger charge is 2.15. The second-order valence-electron chi connectivity index (χ2n) is 5.76. The van der Waals surface area contributed by atoms with Gasteiger partial charge in [-0.05, 0) is 57.4 Å². The summed E-state index contributed by atoms with van der Waals surface area (Å²) in [4.78, 5) is 0. The van der Waals surface area contributed by atoms with Gasteiger partial charge in [0.05, 0.1) is 5.69 Å². The van der Waals surface area contributed by atoms with Gasteiger partial charge >= 0.3 is 0 Å². The first-order chi connectivity index (χ1) is 9.15. The van der Waals surface area contributed by atoms with E-state index in [9.17, 15) is 4.39 Å². The van der Waals surface area contributed by atoms with Crippen LogP contribution in [-0.4, -0.2) is 18.6 Å². The van der Waals surface area contributed by atoms with Gasteiger partial charge in [0.2, 0.25) is 0 Å². The number of rotatable bonds is 4. The fraction of sp³-hybridized carbons (Fsp3) is 0.625. The molecule has 2 unspecified atom stereocenters. The van der Waals surface area contributed by atoms with Crippen LogP contribution < -0.4 is 10.6 Å². The van der Waals surface area contributed by atoms with Crippen molar-refractivity contribution in [3.63, 3.8) is 0 Å². The summed E-state index contributed by atoms with van der Waals surface area (Å²) in [5, 5.41) is 6.88. The molecule has 0 amide bonds. The van der Waals surface area contributed by atoms with Crippen LogP contribution in [0.4, 0.5) is 10.1 Å². The minimum absolute atomic E-state index is 0.152. The molecule has 2 nitrogen and oxygen atoms in total. The Bertz CT molecular complexity index is 398. The maximum absolute atomic E-state index is 13.8. The normalized spacial score (nSPS) is 21.7. The Balaban J connectivity index is 1.87. The highest BCUT2D eigenvalue weighted by Crippen LogP contribution is 2.19. The maximum Gasteiger partial charge on any atom is 0.146 e. The smallest absolute Gasteiger partial charge is 0.146 e. The summed E-state index contributed by atoms with van der Waals surface area (Å²) in [6.07, 6.45) is 6.21. The third kappa shape index (κ3) is 4.50. The first kappa shape index (κ1) is 14.3. The maximum atomic E-state index is 13.8. The van der Waals surface area contributed by atoms with Crippen LogP contribution >= 0.6 is 0 Å². The van der Waals surface area contributed by atoms with Crippen molar-refractivity contribution in [2.24, 2.45) is 0 Å². The van der Waals surface area contributed by atoms with Crippen molar-refractivity contribution in [3.8, 4) is 0 Å². The summed E-state index contributed by atoms with van der Waals surface area (Å²) in [5.74, 6) is -0.152. The van der Waals surface area contributed by atoms with Crippen LogP contribution in [-0.2, 0) is 0 Å². The van der Waals surface area contributed by atoms with E-state index in [0.717, 1.165) is 18.5 Å². The van der Waals surface area contributed by atoms with Gasteiger partial charge in [0, 0.05) is 12.1 Å². The lowest BCUT2D eigenvalue weighted by atomic mass is 10.0. The van der Waals surface area contributed by atoms with Crippen LogP contribution in [0.3, 0.4) is 0 Å². The number of anilines is 1. The minimum Gasteiger partial charge on any atom is -0.380 e. The van der Waals surface area contributed by atoms with Crippen molar-refractivity contribution in [1.29, 1.82) is 0 Å². The lowest BCUT2D eigenvalue weighted by molar-refractivity contribution is 0.455. The molecule has 19 heavy (non-hydrogen) atoms. The molecule has 0 saturated carbocycles. The minimum atomic E-state index is -0.152. The molecule has 106 valence electrons. The Morgan fingerprint density at radius 1 is 1.37 bits per heavy atom. The van der Waals surface area contributed by atoms with Gasteiger partial charge in [0.1, 0.15) is 5.82 Å². The van der Waals surface area contributed by atoms with E-state index in [-0.39, 0.29) is 11.9 Å². The number of nitrogens with one attached hydrogen (secondary N) is 2. The predicted octanol–water partition coefficient (Wildman–Crippen LogP) is 3.86. The van der Waals surface area contributed by atoms with Crippen LogP contribution in [0.5, 0.6) is 0 Å². The molecule has 0 bridgehead atoms. The standard InChI is InChI=1S/C16H25FN2/c1-12-7-8-16(15(17)10-12)19-13(2)11-14-6-4-3-5-9-18-14/h7-8,10,13-14,18-19H,3-6,9,11H2,1-2H3. The second kappa shape index (κ2) is 6.90. The van der Waals surface area contributed by atoms with Gasteiger partial charge in [-0.3, -0.25) is 0 Å². The SMILES string of the molecule is Cc1ccc(NC(C)CC2CCCCCN2)c(F)c1. The number of hydrogen-bond donors (Lipinski definition) is 2. The van der Waals surface area contributed by atoms with Gasteiger partial charge in [0.25, 0.3) is 0 Å². The van der Waals surface area contributed by atoms with Crippen molar-refractivity contribution in [2.75, 3.05) is 11.9 Å². The zero-order valence-electron chi connectivity index (χ0n) is 12.0. The molecule has 1 saturated heterocycles. The van der Waals surface area contributed by atoms with E-state index in [2.05, 4.69) is 17.6 Å². The van der Waals surface area contributed by atoms with Crippen molar-refractivity contribution in [1.82, 2.24) is 5.32 Å². The number of aryl methyl sites for hydroxylation is 1. The van der Waals surface area contributed by atoms with Crippen LogP contribution in [0.25, 0.3) is 0 Å². The molecule has 1 aromatic carbocycles. The fourth-order valence-corrected chi connectivity index (χ4v) is 2.79. The van der Waals surface area contributed by atoms with Gasteiger partial charge in [-0.1, -0.05) is 18.9 Å². The molecule has 0 spiro atoms. The van der Waals surface area contributed by atoms with E-state index in [0.29, 0.717) is 11.7 Å². The van der Waals surface area contributed by atoms with Gasteiger partial charge in [0.15, 0.2) is 0 Å². The molecule has 2 atom stereocenters. The predicted molar refractivity (Wildman–Crippen MR) is 79.1 cm³/mol. The molecule has 1 fully saturated rings. The average Bonchev–Trinajstić information content (AvgIpc) is 2.61. The zero-order valence-corrected chi connectivity index (χ0v) is 12.0. The summed E-state index contributed by atoms with van der Waals surface area (Å²) in [7, 11) is 0. The second-order valence-corrected chi connectivity index (χ2v) is 5.76. The Morgan fingerprint density at radius 3 is 3.00 bits per heavy atom. The van der Waals surface area contributed by atoms with E-state index in [4.69, 9.17) is 0 Å². The van der Waals surface area contributed by atoms with E-state index in [1.54, 1.807) is 6.07 Å². The molecule has 3 heteroatoms. The molecule has 1 aliphatic rings. The summed E-state index contributed by atoms with van der Waals surface area (Å²) in [6, 6.07) is 6.22. The number of benzene rings is 1. The summed E-state index contributed by atoms with van der Waals surface area (Å²) < 4.78 is 13.8. The summed E-state index contributed by atoms with van der Waals surface area (Å²) in [5.41, 5.74) is 1.58. The third-order valence-electron chi connectivity index (χ3n) is 3.83. The molecular weight excluding hydrogens is 239 g/mol. The molecule has 0 aromatic heterocycles. The van der Waals surface area contributed by atoms with Crippen LogP contribution in [0, 0.1) is 12.7 Å². The monoisotopic (exact) mass is 264 g/mol. The van der Waals surface area contributed by atoms with E-state index in [1.165, 1.54) is 25.7 Å². The molecule has 2 N–H and O–H groups in total. The lowest BCUT2D eigenvalue weighted by Crippen LogP contribution is -2.33. The molecule has 1 aromatic rings. The quantitative estimate of drug-likeness (QED) is 0.863. The van der Waals surface area contributed by atoms with Gasteiger partial charge in [-0.15, -0.1) is 0 Å². The highest BCUT2D eigenvalue weighted by atomic mass is 19.1. The topological polar surface area (TPSA) is 24.1 Å². The Kier molecular flexibility index (Phi) is 5.20. The third-order valence-corrected chi connectivity index (χ3v) is 3.83. The van der Waals surface area contributed by atoms with Crippen molar-refractivity contribution >= 4 is 5.69 Å². The van der Waals surface area contributed by atoms with Crippen molar-refractivity contribution in [3.05, 3.63) is 29.6 Å². The summed E-state index contributed by atoms with van der Waals surface area (Å²) in [6.45, 7) is 5.16. The van der Waals surface area contributed by atoms with Crippen LogP contribution in [0.1, 0.15) is 44.6 Å². The molecule has 2 rings (SSSR count). The van der Waals surface area contributed by atoms with Crippen molar-refractivity contribution in [2.45, 2.75) is 58.0 Å². The van der Waals surface area contributed by atoms with Gasteiger partial charge in [-0.2, -0.15) is 0 Å². The fourth-order valence-electron chi connectivity index (χ4n) is 2.79. The Morgan fingerprint density at radius 2 is 2.21 bits per heavy atom. The Labute approximate surface area is 115 Å². The number of halogens is 1.